The second-order valence-electron chi connectivity index (χ2n) is 4.06. The van der Waals surface area contributed by atoms with Crippen molar-refractivity contribution in [1.82, 2.24) is 0 Å². The first kappa shape index (κ1) is 14.4. The molecule has 0 heterocycles. The summed E-state index contributed by atoms with van der Waals surface area (Å²) < 4.78 is 0.825. The summed E-state index contributed by atoms with van der Waals surface area (Å²) in [5, 5.41) is 3.63. The Kier molecular flexibility index (Phi) is 4.50. The molecule has 5 heteroatoms. The van der Waals surface area contributed by atoms with Crippen LogP contribution < -0.4 is 5.32 Å². The molecule has 2 nitrogen and oxygen atoms in total. The van der Waals surface area contributed by atoms with E-state index in [2.05, 4.69) is 21.2 Å². The fourth-order valence-electron chi connectivity index (χ4n) is 1.58. The second-order valence-corrected chi connectivity index (χ2v) is 5.76. The third kappa shape index (κ3) is 3.50. The van der Waals surface area contributed by atoms with E-state index in [1.54, 1.807) is 18.2 Å². The van der Waals surface area contributed by atoms with Crippen LogP contribution in [0.5, 0.6) is 0 Å². The molecule has 0 aliphatic heterocycles. The zero-order chi connectivity index (χ0) is 14.0. The highest BCUT2D eigenvalue weighted by molar-refractivity contribution is 9.10. The van der Waals surface area contributed by atoms with Crippen LogP contribution >= 0.6 is 39.1 Å². The average Bonchev–Trinajstić information content (AvgIpc) is 2.32. The standard InChI is InChI=1S/C14H10BrCl2NO/c1-8-2-5-13(11(15)6-8)18-14(19)10-4-3-9(16)7-12(10)17/h2-7H,1H3,(H,18,19). The fraction of sp³-hybridized carbons (Fsp3) is 0.0714. The third-order valence-corrected chi connectivity index (χ3v) is 3.75. The largest absolute Gasteiger partial charge is 0.321 e. The molecule has 19 heavy (non-hydrogen) atoms. The number of carbonyl (C=O) groups excluding carboxylic acids is 1. The van der Waals surface area contributed by atoms with E-state index in [1.165, 1.54) is 0 Å². The SMILES string of the molecule is Cc1ccc(NC(=O)c2ccc(Cl)cc2Cl)c(Br)c1. The Morgan fingerprint density at radius 3 is 2.53 bits per heavy atom. The molecule has 0 bridgehead atoms. The Morgan fingerprint density at radius 1 is 1.16 bits per heavy atom. The fourth-order valence-corrected chi connectivity index (χ4v) is 2.67. The van der Waals surface area contributed by atoms with E-state index in [1.807, 2.05) is 25.1 Å². The maximum Gasteiger partial charge on any atom is 0.257 e. The summed E-state index contributed by atoms with van der Waals surface area (Å²) in [6, 6.07) is 10.5. The summed E-state index contributed by atoms with van der Waals surface area (Å²) in [6.45, 7) is 1.98. The lowest BCUT2D eigenvalue weighted by Crippen LogP contribution is -2.12. The predicted molar refractivity (Wildman–Crippen MR) is 83.3 cm³/mol. The second kappa shape index (κ2) is 5.95. The summed E-state index contributed by atoms with van der Waals surface area (Å²) >= 11 is 15.2. The van der Waals surface area contributed by atoms with Crippen molar-refractivity contribution in [3.8, 4) is 0 Å². The molecule has 0 radical (unpaired) electrons. The first-order valence-electron chi connectivity index (χ1n) is 5.50. The lowest BCUT2D eigenvalue weighted by molar-refractivity contribution is 0.102. The summed E-state index contributed by atoms with van der Waals surface area (Å²) in [5.41, 5.74) is 2.19. The number of hydrogen-bond donors (Lipinski definition) is 1. The zero-order valence-corrected chi connectivity index (χ0v) is 13.1. The number of halogens is 3. The molecule has 98 valence electrons. The molecule has 0 atom stereocenters. The highest BCUT2D eigenvalue weighted by Gasteiger charge is 2.12. The minimum Gasteiger partial charge on any atom is -0.321 e. The predicted octanol–water partition coefficient (Wildman–Crippen LogP) is 5.32. The number of amides is 1. The van der Waals surface area contributed by atoms with Crippen LogP contribution in [0.25, 0.3) is 0 Å². The number of rotatable bonds is 2. The van der Waals surface area contributed by atoms with Crippen LogP contribution in [-0.4, -0.2) is 5.91 Å². The van der Waals surface area contributed by atoms with Gasteiger partial charge in [0.1, 0.15) is 0 Å². The molecule has 0 saturated carbocycles. The van der Waals surface area contributed by atoms with Gasteiger partial charge in [0, 0.05) is 9.50 Å². The molecule has 0 aliphatic carbocycles. The molecule has 0 unspecified atom stereocenters. The van der Waals surface area contributed by atoms with Gasteiger partial charge in [-0.1, -0.05) is 29.3 Å². The molecule has 2 rings (SSSR count). The van der Waals surface area contributed by atoms with Gasteiger partial charge in [-0.05, 0) is 58.7 Å². The molecule has 0 aromatic heterocycles. The Balaban J connectivity index is 2.25. The van der Waals surface area contributed by atoms with Gasteiger partial charge in [0.25, 0.3) is 5.91 Å². The maximum atomic E-state index is 12.1. The average molecular weight is 359 g/mol. The Morgan fingerprint density at radius 2 is 1.89 bits per heavy atom. The summed E-state index contributed by atoms with van der Waals surface area (Å²) in [6.07, 6.45) is 0. The Bertz CT molecular complexity index is 643. The van der Waals surface area contributed by atoms with Crippen molar-refractivity contribution in [3.63, 3.8) is 0 Å². The minimum atomic E-state index is -0.272. The monoisotopic (exact) mass is 357 g/mol. The first-order chi connectivity index (χ1) is 8.97. The quantitative estimate of drug-likeness (QED) is 0.773. The van der Waals surface area contributed by atoms with Crippen molar-refractivity contribution in [2.75, 3.05) is 5.32 Å². The van der Waals surface area contributed by atoms with Gasteiger partial charge in [0.05, 0.1) is 16.3 Å². The molecule has 0 saturated heterocycles. The number of hydrogen-bond acceptors (Lipinski definition) is 1. The molecule has 0 spiro atoms. The number of nitrogens with one attached hydrogen (secondary N) is 1. The summed E-state index contributed by atoms with van der Waals surface area (Å²) in [4.78, 5) is 12.1. The molecular weight excluding hydrogens is 349 g/mol. The summed E-state index contributed by atoms with van der Waals surface area (Å²) in [7, 11) is 0. The molecule has 0 aliphatic rings. The van der Waals surface area contributed by atoms with Crippen LogP contribution in [0.15, 0.2) is 40.9 Å². The zero-order valence-electron chi connectivity index (χ0n) is 10.0. The van der Waals surface area contributed by atoms with E-state index in [0.717, 1.165) is 10.0 Å². The minimum absolute atomic E-state index is 0.272. The van der Waals surface area contributed by atoms with Crippen molar-refractivity contribution in [2.45, 2.75) is 6.92 Å². The topological polar surface area (TPSA) is 29.1 Å². The number of anilines is 1. The van der Waals surface area contributed by atoms with Crippen LogP contribution in [0.3, 0.4) is 0 Å². The van der Waals surface area contributed by atoms with Crippen molar-refractivity contribution in [1.29, 1.82) is 0 Å². The number of benzene rings is 2. The van der Waals surface area contributed by atoms with Crippen LogP contribution in [0.1, 0.15) is 15.9 Å². The number of aryl methyl sites for hydroxylation is 1. The number of carbonyl (C=O) groups is 1. The van der Waals surface area contributed by atoms with Gasteiger partial charge in [-0.25, -0.2) is 0 Å². The molecule has 0 fully saturated rings. The smallest absolute Gasteiger partial charge is 0.257 e. The molecule has 2 aromatic carbocycles. The van der Waals surface area contributed by atoms with Crippen LogP contribution in [0.2, 0.25) is 10.0 Å². The lowest BCUT2D eigenvalue weighted by Gasteiger charge is -2.09. The first-order valence-corrected chi connectivity index (χ1v) is 7.05. The molecular formula is C14H10BrCl2NO. The van der Waals surface area contributed by atoms with Crippen molar-refractivity contribution >= 4 is 50.7 Å². The highest BCUT2D eigenvalue weighted by Crippen LogP contribution is 2.26. The van der Waals surface area contributed by atoms with Gasteiger partial charge in [0.15, 0.2) is 0 Å². The normalized spacial score (nSPS) is 10.3. The van der Waals surface area contributed by atoms with Gasteiger partial charge in [-0.15, -0.1) is 0 Å². The van der Waals surface area contributed by atoms with Gasteiger partial charge < -0.3 is 5.32 Å². The van der Waals surface area contributed by atoms with E-state index in [9.17, 15) is 4.79 Å². The van der Waals surface area contributed by atoms with Gasteiger partial charge in [-0.3, -0.25) is 4.79 Å². The van der Waals surface area contributed by atoms with Crippen LogP contribution in [0.4, 0.5) is 5.69 Å². The third-order valence-electron chi connectivity index (χ3n) is 2.55. The van der Waals surface area contributed by atoms with E-state index in [0.29, 0.717) is 21.3 Å². The Labute approximate surface area is 129 Å². The molecule has 1 amide bonds. The molecule has 2 aromatic rings. The van der Waals surface area contributed by atoms with E-state index < -0.39 is 0 Å². The van der Waals surface area contributed by atoms with E-state index >= 15 is 0 Å². The lowest BCUT2D eigenvalue weighted by atomic mass is 10.2. The van der Waals surface area contributed by atoms with Crippen molar-refractivity contribution in [3.05, 3.63) is 62.0 Å². The van der Waals surface area contributed by atoms with Gasteiger partial charge in [-0.2, -0.15) is 0 Å². The van der Waals surface area contributed by atoms with Crippen molar-refractivity contribution in [2.24, 2.45) is 0 Å². The maximum absolute atomic E-state index is 12.1. The van der Waals surface area contributed by atoms with Gasteiger partial charge >= 0.3 is 0 Å². The van der Waals surface area contributed by atoms with E-state index in [-0.39, 0.29) is 5.91 Å². The summed E-state index contributed by atoms with van der Waals surface area (Å²) in [5.74, 6) is -0.272. The molecule has 1 N–H and O–H groups in total. The highest BCUT2D eigenvalue weighted by atomic mass is 79.9. The Hall–Kier alpha value is -1.03. The van der Waals surface area contributed by atoms with Crippen LogP contribution in [-0.2, 0) is 0 Å². The van der Waals surface area contributed by atoms with Gasteiger partial charge in [0.2, 0.25) is 0 Å². The van der Waals surface area contributed by atoms with Crippen molar-refractivity contribution < 1.29 is 4.79 Å². The van der Waals surface area contributed by atoms with E-state index in [4.69, 9.17) is 23.2 Å². The van der Waals surface area contributed by atoms with Crippen LogP contribution in [0, 0.1) is 6.92 Å².